The lowest BCUT2D eigenvalue weighted by Gasteiger charge is -2.39. The van der Waals surface area contributed by atoms with E-state index in [1.54, 1.807) is 0 Å². The summed E-state index contributed by atoms with van der Waals surface area (Å²) in [4.78, 5) is 101. The third kappa shape index (κ3) is 10.3. The lowest BCUT2D eigenvalue weighted by Crippen LogP contribution is -2.62. The maximum atomic E-state index is 14.5. The molecule has 4 saturated heterocycles. The van der Waals surface area contributed by atoms with Gasteiger partial charge in [-0.25, -0.2) is 13.6 Å². The predicted octanol–water partition coefficient (Wildman–Crippen LogP) is 2.51. The number of rotatable bonds is 8. The van der Waals surface area contributed by atoms with E-state index in [9.17, 15) is 42.3 Å². The van der Waals surface area contributed by atoms with E-state index in [-0.39, 0.29) is 50.4 Å². The Morgan fingerprint density at radius 1 is 0.807 bits per heavy atom. The van der Waals surface area contributed by atoms with Crippen molar-refractivity contribution in [3.05, 3.63) is 35.4 Å². The summed E-state index contributed by atoms with van der Waals surface area (Å²) in [5, 5.41) is 8.13. The molecule has 14 nitrogen and oxygen atoms in total. The minimum atomic E-state index is -1.53. The van der Waals surface area contributed by atoms with Gasteiger partial charge < -0.3 is 35.4 Å². The molecular weight excluding hydrogens is 742 g/mol. The van der Waals surface area contributed by atoms with Gasteiger partial charge in [0.25, 0.3) is 0 Å². The summed E-state index contributed by atoms with van der Waals surface area (Å²) in [5.74, 6) is -5.66. The maximum absolute atomic E-state index is 14.5. The van der Waals surface area contributed by atoms with E-state index in [4.69, 9.17) is 4.74 Å². The van der Waals surface area contributed by atoms with Crippen molar-refractivity contribution < 1.29 is 47.1 Å². The second kappa shape index (κ2) is 18.8. The number of nitrogens with zero attached hydrogens (tertiary/aromatic N) is 3. The second-order valence-electron chi connectivity index (χ2n) is 16.6. The van der Waals surface area contributed by atoms with Gasteiger partial charge in [0, 0.05) is 38.5 Å². The molecule has 4 heterocycles. The van der Waals surface area contributed by atoms with E-state index >= 15 is 0 Å². The van der Waals surface area contributed by atoms with Crippen LogP contribution in [-0.4, -0.2) is 119 Å². The first kappa shape index (κ1) is 42.0. The molecule has 5 aliphatic rings. The monoisotopic (exact) mass is 798 g/mol. The quantitative estimate of drug-likeness (QED) is 0.337. The number of carbonyl (C=O) groups is 7. The summed E-state index contributed by atoms with van der Waals surface area (Å²) in [5.41, 5.74) is 0.0932. The summed E-state index contributed by atoms with van der Waals surface area (Å²) in [6.07, 6.45) is 8.53. The van der Waals surface area contributed by atoms with Crippen LogP contribution in [-0.2, 0) is 44.7 Å². The van der Waals surface area contributed by atoms with Crippen LogP contribution in [0.3, 0.4) is 0 Å². The Kier molecular flexibility index (Phi) is 13.8. The van der Waals surface area contributed by atoms with Crippen molar-refractivity contribution in [1.82, 2.24) is 30.7 Å². The van der Waals surface area contributed by atoms with E-state index in [1.807, 2.05) is 6.92 Å². The molecule has 1 aromatic rings. The van der Waals surface area contributed by atoms with Crippen LogP contribution in [0.2, 0.25) is 0 Å². The molecule has 0 radical (unpaired) electrons. The van der Waals surface area contributed by atoms with Crippen molar-refractivity contribution in [3.63, 3.8) is 0 Å². The minimum absolute atomic E-state index is 0.0828. The van der Waals surface area contributed by atoms with Crippen LogP contribution in [0.5, 0.6) is 0 Å². The van der Waals surface area contributed by atoms with E-state index in [0.29, 0.717) is 50.5 Å². The molecule has 6 rings (SSSR count). The van der Waals surface area contributed by atoms with E-state index in [0.717, 1.165) is 44.2 Å². The number of esters is 1. The van der Waals surface area contributed by atoms with Crippen molar-refractivity contribution in [3.8, 4) is 0 Å². The number of nitrogens with one attached hydrogen (secondary N) is 3. The van der Waals surface area contributed by atoms with Gasteiger partial charge in [-0.3, -0.25) is 28.8 Å². The predicted molar refractivity (Wildman–Crippen MR) is 202 cm³/mol. The zero-order valence-corrected chi connectivity index (χ0v) is 32.9. The number of hydrogen-bond acceptors (Lipinski definition) is 8. The Morgan fingerprint density at radius 3 is 2.21 bits per heavy atom. The summed E-state index contributed by atoms with van der Waals surface area (Å²) >= 11 is 0. The van der Waals surface area contributed by atoms with Gasteiger partial charge in [0.05, 0.1) is 0 Å². The van der Waals surface area contributed by atoms with Crippen LogP contribution in [0.4, 0.5) is 8.78 Å². The van der Waals surface area contributed by atoms with Crippen molar-refractivity contribution >= 4 is 41.4 Å². The Labute approximate surface area is 332 Å². The van der Waals surface area contributed by atoms with Gasteiger partial charge in [0.2, 0.25) is 35.4 Å². The molecule has 1 saturated carbocycles. The molecule has 7 atom stereocenters. The third-order valence-electron chi connectivity index (χ3n) is 12.2. The number of piperidine rings is 1. The molecule has 1 aliphatic carbocycles. The average molecular weight is 799 g/mol. The number of fused-ring (bicyclic) bond motifs is 3. The standard InChI is InChI=1S/C41H56F2N6O8/c1-24-17-34-41(56)57-23-31(46-36(51)30(20-27-18-28(42)21-29(43)19-27)45-35(50)14-13-26-9-4-3-5-10-26)39(54)48-16-8-12-33(48)40(55)47-15-7-6-11-32(47)37(52)44-25(2)38(53)49(34)22-24/h18-19,21,24-26,30-34H,3-17,20,22-23H2,1-2H3,(H,44,52)(H,45,50)(H,46,51)/t24-,25+,30+,31+,32+,33-,34-/m1/s1. The Morgan fingerprint density at radius 2 is 1.47 bits per heavy atom. The van der Waals surface area contributed by atoms with Crippen molar-refractivity contribution in [2.75, 3.05) is 26.2 Å². The number of ether oxygens (including phenoxy) is 1. The van der Waals surface area contributed by atoms with Crippen LogP contribution in [0, 0.1) is 23.5 Å². The highest BCUT2D eigenvalue weighted by molar-refractivity contribution is 5.97. The largest absolute Gasteiger partial charge is 0.461 e. The molecule has 1 aromatic carbocycles. The molecule has 5 fully saturated rings. The second-order valence-corrected chi connectivity index (χ2v) is 16.6. The van der Waals surface area contributed by atoms with Gasteiger partial charge in [0.1, 0.15) is 54.5 Å². The normalized spacial score (nSPS) is 28.6. The van der Waals surface area contributed by atoms with E-state index in [2.05, 4.69) is 16.0 Å². The highest BCUT2D eigenvalue weighted by Crippen LogP contribution is 2.29. The number of amides is 6. The van der Waals surface area contributed by atoms with Crippen LogP contribution in [0.15, 0.2) is 18.2 Å². The first-order chi connectivity index (χ1) is 27.3. The lowest BCUT2D eigenvalue weighted by atomic mass is 9.86. The van der Waals surface area contributed by atoms with Crippen LogP contribution in [0.1, 0.15) is 103 Å². The van der Waals surface area contributed by atoms with Gasteiger partial charge in [-0.05, 0) is 81.4 Å². The van der Waals surface area contributed by atoms with E-state index < -0.39 is 95.9 Å². The highest BCUT2D eigenvalue weighted by Gasteiger charge is 2.46. The number of hydrogen-bond donors (Lipinski definition) is 3. The number of cyclic esters (lactones) is 1. The summed E-state index contributed by atoms with van der Waals surface area (Å²) in [6.45, 7) is 3.43. The zero-order valence-electron chi connectivity index (χ0n) is 32.9. The molecule has 0 bridgehead atoms. The molecular formula is C41H56F2N6O8. The molecule has 6 amide bonds. The Balaban J connectivity index is 1.28. The van der Waals surface area contributed by atoms with Crippen LogP contribution >= 0.6 is 0 Å². The molecule has 16 heteroatoms. The first-order valence-electron chi connectivity index (χ1n) is 20.7. The fourth-order valence-corrected chi connectivity index (χ4v) is 9.24. The average Bonchev–Trinajstić information content (AvgIpc) is 3.84. The van der Waals surface area contributed by atoms with Crippen molar-refractivity contribution in [2.45, 2.75) is 140 Å². The Hall–Kier alpha value is -4.63. The van der Waals surface area contributed by atoms with Crippen molar-refractivity contribution in [2.24, 2.45) is 11.8 Å². The zero-order chi connectivity index (χ0) is 40.8. The maximum Gasteiger partial charge on any atom is 0.328 e. The summed E-state index contributed by atoms with van der Waals surface area (Å²) in [6, 6.07) is -3.94. The fraction of sp³-hybridized carbons (Fsp3) is 0.683. The van der Waals surface area contributed by atoms with Crippen LogP contribution < -0.4 is 16.0 Å². The summed E-state index contributed by atoms with van der Waals surface area (Å²) in [7, 11) is 0. The molecule has 312 valence electrons. The summed E-state index contributed by atoms with van der Waals surface area (Å²) < 4.78 is 34.3. The van der Waals surface area contributed by atoms with E-state index in [1.165, 1.54) is 21.6 Å². The minimum Gasteiger partial charge on any atom is -0.461 e. The first-order valence-corrected chi connectivity index (χ1v) is 20.7. The molecule has 4 aliphatic heterocycles. The molecule has 57 heavy (non-hydrogen) atoms. The molecule has 0 aromatic heterocycles. The molecule has 0 spiro atoms. The van der Waals surface area contributed by atoms with Gasteiger partial charge in [-0.15, -0.1) is 0 Å². The highest BCUT2D eigenvalue weighted by atomic mass is 19.1. The topological polar surface area (TPSA) is 175 Å². The van der Waals surface area contributed by atoms with Gasteiger partial charge in [-0.1, -0.05) is 39.0 Å². The third-order valence-corrected chi connectivity index (χ3v) is 12.2. The fourth-order valence-electron chi connectivity index (χ4n) is 9.24. The molecule has 0 unspecified atom stereocenters. The van der Waals surface area contributed by atoms with Gasteiger partial charge >= 0.3 is 5.97 Å². The molecule has 3 N–H and O–H groups in total. The van der Waals surface area contributed by atoms with Gasteiger partial charge in [-0.2, -0.15) is 0 Å². The smallest absolute Gasteiger partial charge is 0.328 e. The number of carbonyl (C=O) groups excluding carboxylic acids is 7. The number of halogens is 2. The number of benzene rings is 1. The lowest BCUT2D eigenvalue weighted by molar-refractivity contribution is -0.158. The van der Waals surface area contributed by atoms with Crippen molar-refractivity contribution in [1.29, 1.82) is 0 Å². The van der Waals surface area contributed by atoms with Gasteiger partial charge in [0.15, 0.2) is 0 Å². The van der Waals surface area contributed by atoms with Crippen LogP contribution in [0.25, 0.3) is 0 Å². The Bertz CT molecular complexity index is 1690. The SMILES string of the molecule is C[C@@H]1C[C@@H]2C(=O)OC[C@H](NC(=O)[C@H](Cc3cc(F)cc(F)c3)NC(=O)CCC3CCCCC3)C(=O)N3CCC[C@@H]3C(=O)N3CCCC[C@H]3C(=O)N[C@@H](C)C(=O)N2C1.